The van der Waals surface area contributed by atoms with Gasteiger partial charge in [-0.3, -0.25) is 9.59 Å². The number of pyridine rings is 1. The molecule has 1 aliphatic rings. The van der Waals surface area contributed by atoms with Crippen molar-refractivity contribution in [2.75, 3.05) is 4.90 Å². The summed E-state index contributed by atoms with van der Waals surface area (Å²) in [6, 6.07) is 19.2. The fourth-order valence-electron chi connectivity index (χ4n) is 3.60. The summed E-state index contributed by atoms with van der Waals surface area (Å²) in [6.45, 7) is 2.67. The number of nitrogens with zero attached hydrogens (tertiary/aromatic N) is 2. The Morgan fingerprint density at radius 2 is 1.80 bits per heavy atom. The summed E-state index contributed by atoms with van der Waals surface area (Å²) < 4.78 is 12.0. The molecule has 0 spiro atoms. The summed E-state index contributed by atoms with van der Waals surface area (Å²) in [7, 11) is 0. The molecule has 1 aliphatic heterocycles. The molecule has 6 nitrogen and oxygen atoms in total. The highest BCUT2D eigenvalue weighted by molar-refractivity contribution is 6.13. The molecule has 4 rings (SSSR count). The predicted molar refractivity (Wildman–Crippen MR) is 113 cm³/mol. The molecule has 1 unspecified atom stereocenters. The average molecular weight is 402 g/mol. The van der Waals surface area contributed by atoms with Crippen LogP contribution in [0.1, 0.15) is 37.5 Å². The third-order valence-electron chi connectivity index (χ3n) is 4.98. The molecule has 152 valence electrons. The second-order valence-electron chi connectivity index (χ2n) is 7.16. The molecule has 2 amide bonds. The molecule has 1 atom stereocenters. The molecule has 0 bridgehead atoms. The second kappa shape index (κ2) is 8.37. The lowest BCUT2D eigenvalue weighted by Gasteiger charge is -2.26. The lowest BCUT2D eigenvalue weighted by molar-refractivity contribution is -0.124. The van der Waals surface area contributed by atoms with Gasteiger partial charge in [0, 0.05) is 19.9 Å². The molecule has 0 N–H and O–H groups in total. The third kappa shape index (κ3) is 4.17. The Labute approximate surface area is 175 Å². The van der Waals surface area contributed by atoms with Gasteiger partial charge in [-0.05, 0) is 48.2 Å². The Balaban J connectivity index is 1.47. The predicted octanol–water partition coefficient (Wildman–Crippen LogP) is 4.84. The summed E-state index contributed by atoms with van der Waals surface area (Å²) in [6.07, 6.45) is 3.30. The van der Waals surface area contributed by atoms with Gasteiger partial charge < -0.3 is 9.47 Å². The van der Waals surface area contributed by atoms with Crippen molar-refractivity contribution in [3.63, 3.8) is 0 Å². The minimum Gasteiger partial charge on any atom is -0.485 e. The van der Waals surface area contributed by atoms with Crippen LogP contribution >= 0.6 is 0 Å². The Morgan fingerprint density at radius 1 is 1.03 bits per heavy atom. The Kier molecular flexibility index (Phi) is 5.48. The largest absolute Gasteiger partial charge is 0.485 e. The monoisotopic (exact) mass is 402 g/mol. The van der Waals surface area contributed by atoms with Gasteiger partial charge in [0.15, 0.2) is 0 Å². The van der Waals surface area contributed by atoms with Crippen LogP contribution in [0.15, 0.2) is 66.9 Å². The highest BCUT2D eigenvalue weighted by atomic mass is 16.5. The average Bonchev–Trinajstić information content (AvgIpc) is 2.75. The summed E-state index contributed by atoms with van der Waals surface area (Å²) in [5.74, 6) is 1.18. The van der Waals surface area contributed by atoms with Crippen molar-refractivity contribution in [2.45, 2.75) is 32.8 Å². The van der Waals surface area contributed by atoms with Crippen LogP contribution in [0.5, 0.6) is 17.4 Å². The molecular formula is C24H22N2O4. The highest BCUT2D eigenvalue weighted by Gasteiger charge is 2.22. The van der Waals surface area contributed by atoms with Crippen LogP contribution in [-0.2, 0) is 16.0 Å². The Hall–Kier alpha value is -3.67. The molecule has 0 fully saturated rings. The van der Waals surface area contributed by atoms with E-state index in [-0.39, 0.29) is 17.9 Å². The number of fused-ring (bicyclic) bond motifs is 1. The topological polar surface area (TPSA) is 68.7 Å². The molecule has 0 saturated heterocycles. The van der Waals surface area contributed by atoms with Crippen molar-refractivity contribution in [2.24, 2.45) is 0 Å². The number of amides is 2. The van der Waals surface area contributed by atoms with Crippen LogP contribution in [0.4, 0.5) is 5.69 Å². The fraction of sp³-hybridized carbons (Fsp3) is 0.208. The number of hydrogen-bond acceptors (Lipinski definition) is 5. The lowest BCUT2D eigenvalue weighted by atomic mass is 9.97. The first kappa shape index (κ1) is 19.6. The van der Waals surface area contributed by atoms with Crippen LogP contribution in [0.25, 0.3) is 0 Å². The van der Waals surface area contributed by atoms with Crippen LogP contribution < -0.4 is 14.4 Å². The molecule has 2 aromatic carbocycles. The van der Waals surface area contributed by atoms with Gasteiger partial charge in [-0.15, -0.1) is 0 Å². The number of carbonyl (C=O) groups is 2. The summed E-state index contributed by atoms with van der Waals surface area (Å²) in [4.78, 5) is 28.6. The highest BCUT2D eigenvalue weighted by Crippen LogP contribution is 2.37. The smallest absolute Gasteiger partial charge is 0.230 e. The number of anilines is 1. The van der Waals surface area contributed by atoms with E-state index in [1.165, 1.54) is 25.6 Å². The number of benzene rings is 2. The van der Waals surface area contributed by atoms with E-state index in [0.29, 0.717) is 17.3 Å². The fourth-order valence-corrected chi connectivity index (χ4v) is 3.60. The second-order valence-corrected chi connectivity index (χ2v) is 7.16. The van der Waals surface area contributed by atoms with E-state index in [2.05, 4.69) is 17.1 Å². The van der Waals surface area contributed by atoms with Crippen molar-refractivity contribution < 1.29 is 19.1 Å². The van der Waals surface area contributed by atoms with Gasteiger partial charge in [-0.25, -0.2) is 9.88 Å². The van der Waals surface area contributed by atoms with Crippen LogP contribution in [0.3, 0.4) is 0 Å². The van der Waals surface area contributed by atoms with Crippen molar-refractivity contribution in [3.05, 3.63) is 78.0 Å². The Bertz CT molecular complexity index is 1050. The van der Waals surface area contributed by atoms with Gasteiger partial charge in [0.2, 0.25) is 17.7 Å². The van der Waals surface area contributed by atoms with Crippen LogP contribution in [0, 0.1) is 0 Å². The van der Waals surface area contributed by atoms with Crippen molar-refractivity contribution in [1.29, 1.82) is 0 Å². The van der Waals surface area contributed by atoms with Gasteiger partial charge in [0.25, 0.3) is 0 Å². The van der Waals surface area contributed by atoms with E-state index in [9.17, 15) is 9.59 Å². The van der Waals surface area contributed by atoms with E-state index < -0.39 is 0 Å². The quantitative estimate of drug-likeness (QED) is 0.625. The van der Waals surface area contributed by atoms with Gasteiger partial charge in [-0.2, -0.15) is 0 Å². The summed E-state index contributed by atoms with van der Waals surface area (Å²) in [5, 5.41) is 0. The molecule has 30 heavy (non-hydrogen) atoms. The zero-order valence-corrected chi connectivity index (χ0v) is 16.9. The first-order chi connectivity index (χ1) is 14.5. The number of imide groups is 1. The molecule has 1 aromatic heterocycles. The van der Waals surface area contributed by atoms with Crippen molar-refractivity contribution in [3.8, 4) is 17.4 Å². The zero-order chi connectivity index (χ0) is 21.1. The first-order valence-electron chi connectivity index (χ1n) is 9.81. The number of aryl methyl sites for hydroxylation is 1. The molecule has 2 heterocycles. The van der Waals surface area contributed by atoms with E-state index in [4.69, 9.17) is 9.47 Å². The van der Waals surface area contributed by atoms with Gasteiger partial charge >= 0.3 is 0 Å². The SMILES string of the molecule is CC(=O)N(C(C)=O)c1ccc(Oc2ccc3c(c2)CCC(c2ccccc2)O3)nc1. The van der Waals surface area contributed by atoms with E-state index in [1.807, 2.05) is 36.4 Å². The van der Waals surface area contributed by atoms with Crippen LogP contribution in [-0.4, -0.2) is 16.8 Å². The molecule has 0 saturated carbocycles. The van der Waals surface area contributed by atoms with Gasteiger partial charge in [-0.1, -0.05) is 30.3 Å². The zero-order valence-electron chi connectivity index (χ0n) is 16.9. The number of hydrogen-bond donors (Lipinski definition) is 0. The van der Waals surface area contributed by atoms with Gasteiger partial charge in [0.05, 0.1) is 11.9 Å². The summed E-state index contributed by atoms with van der Waals surface area (Å²) >= 11 is 0. The van der Waals surface area contributed by atoms with E-state index >= 15 is 0 Å². The standard InChI is InChI=1S/C24H22N2O4/c1-16(27)26(17(2)28)20-9-13-24(25-15-20)29-21-10-12-23-19(14-21)8-11-22(30-23)18-6-4-3-5-7-18/h3-7,9-10,12-15,22H,8,11H2,1-2H3. The summed E-state index contributed by atoms with van der Waals surface area (Å²) in [5.41, 5.74) is 2.68. The van der Waals surface area contributed by atoms with Gasteiger partial charge in [0.1, 0.15) is 17.6 Å². The first-order valence-corrected chi connectivity index (χ1v) is 9.81. The number of carbonyl (C=O) groups excluding carboxylic acids is 2. The number of ether oxygens (including phenoxy) is 2. The maximum atomic E-state index is 11.6. The van der Waals surface area contributed by atoms with Crippen molar-refractivity contribution in [1.82, 2.24) is 4.98 Å². The minimum absolute atomic E-state index is 0.0603. The Morgan fingerprint density at radius 3 is 2.47 bits per heavy atom. The van der Waals surface area contributed by atoms with Crippen LogP contribution in [0.2, 0.25) is 0 Å². The normalized spacial score (nSPS) is 14.9. The molecular weight excluding hydrogens is 380 g/mol. The van der Waals surface area contributed by atoms with Crippen molar-refractivity contribution >= 4 is 17.5 Å². The van der Waals surface area contributed by atoms with E-state index in [0.717, 1.165) is 29.1 Å². The molecule has 3 aromatic rings. The molecule has 0 aliphatic carbocycles. The molecule has 6 heteroatoms. The number of aromatic nitrogens is 1. The lowest BCUT2D eigenvalue weighted by Crippen LogP contribution is -2.33. The maximum absolute atomic E-state index is 11.6. The minimum atomic E-state index is -0.360. The maximum Gasteiger partial charge on any atom is 0.230 e. The number of rotatable bonds is 4. The molecule has 0 radical (unpaired) electrons. The third-order valence-corrected chi connectivity index (χ3v) is 4.98. The van der Waals surface area contributed by atoms with E-state index in [1.54, 1.807) is 12.1 Å².